The van der Waals surface area contributed by atoms with Crippen molar-refractivity contribution in [2.75, 3.05) is 26.4 Å². The van der Waals surface area contributed by atoms with Crippen LogP contribution in [0.3, 0.4) is 0 Å². The summed E-state index contributed by atoms with van der Waals surface area (Å²) in [7, 11) is 0. The zero-order valence-corrected chi connectivity index (χ0v) is 11.3. The Kier molecular flexibility index (Phi) is 5.02. The van der Waals surface area contributed by atoms with E-state index in [9.17, 15) is 0 Å². The van der Waals surface area contributed by atoms with Gasteiger partial charge in [-0.1, -0.05) is 26.0 Å². The molecule has 0 spiro atoms. The number of benzene rings is 1. The van der Waals surface area contributed by atoms with Gasteiger partial charge in [-0.05, 0) is 24.1 Å². The van der Waals surface area contributed by atoms with Crippen molar-refractivity contribution in [3.8, 4) is 5.75 Å². The van der Waals surface area contributed by atoms with Gasteiger partial charge in [-0.2, -0.15) is 0 Å². The second-order valence-corrected chi connectivity index (χ2v) is 4.54. The molecule has 1 unspecified atom stereocenters. The van der Waals surface area contributed by atoms with Crippen LogP contribution in [0.1, 0.15) is 26.7 Å². The average molecular weight is 250 g/mol. The largest absolute Gasteiger partial charge is 0.493 e. The van der Waals surface area contributed by atoms with Crippen molar-refractivity contribution >= 4 is 0 Å². The summed E-state index contributed by atoms with van der Waals surface area (Å²) in [5.41, 5.74) is 0. The highest BCUT2D eigenvalue weighted by Gasteiger charge is 2.10. The number of rotatable bonds is 4. The fraction of sp³-hybridized carbons (Fsp3) is 0.600. The lowest BCUT2D eigenvalue weighted by atomic mass is 10.1. The van der Waals surface area contributed by atoms with Gasteiger partial charge in [-0.3, -0.25) is 0 Å². The fourth-order valence-electron chi connectivity index (χ4n) is 1.86. The van der Waals surface area contributed by atoms with E-state index >= 15 is 0 Å². The Labute approximate surface area is 108 Å². The van der Waals surface area contributed by atoms with Gasteiger partial charge in [0, 0.05) is 5.22 Å². The van der Waals surface area contributed by atoms with Gasteiger partial charge >= 0.3 is 0 Å². The molecule has 3 aliphatic rings. The van der Waals surface area contributed by atoms with Crippen molar-refractivity contribution in [2.24, 2.45) is 0 Å². The van der Waals surface area contributed by atoms with E-state index in [1.807, 2.05) is 0 Å². The van der Waals surface area contributed by atoms with Gasteiger partial charge in [0.15, 0.2) is 0 Å². The molecule has 1 saturated heterocycles. The maximum absolute atomic E-state index is 5.41. The topological polar surface area (TPSA) is 27.7 Å². The Hall–Kier alpha value is -1.06. The van der Waals surface area contributed by atoms with Crippen LogP contribution in [0.2, 0.25) is 0 Å². The summed E-state index contributed by atoms with van der Waals surface area (Å²) < 4.78 is 15.9. The smallest absolute Gasteiger partial charge is 0.127 e. The van der Waals surface area contributed by atoms with E-state index in [2.05, 4.69) is 32.0 Å². The summed E-state index contributed by atoms with van der Waals surface area (Å²) in [5.74, 6) is 1.08. The van der Waals surface area contributed by atoms with Gasteiger partial charge in [0.25, 0.3) is 0 Å². The molecule has 0 aromatic heterocycles. The first-order valence-electron chi connectivity index (χ1n) is 6.81. The summed E-state index contributed by atoms with van der Waals surface area (Å²) in [5, 5.41) is 2.67. The van der Waals surface area contributed by atoms with E-state index in [1.165, 1.54) is 10.4 Å². The first-order chi connectivity index (χ1) is 8.85. The predicted octanol–water partition coefficient (Wildman–Crippen LogP) is 2.89. The summed E-state index contributed by atoms with van der Waals surface area (Å²) in [6.45, 7) is 7.41. The highest BCUT2D eigenvalue weighted by atomic mass is 16.6. The van der Waals surface area contributed by atoms with Crippen LogP contribution >= 0.6 is 0 Å². The lowest BCUT2D eigenvalue weighted by molar-refractivity contribution is -0.0887. The van der Waals surface area contributed by atoms with Crippen LogP contribution in [0.15, 0.2) is 18.2 Å². The van der Waals surface area contributed by atoms with E-state index in [0.717, 1.165) is 45.0 Å². The third kappa shape index (κ3) is 3.24. The minimum Gasteiger partial charge on any atom is -0.493 e. The Balaban J connectivity index is 0.000000138. The van der Waals surface area contributed by atoms with Gasteiger partial charge in [0.05, 0.1) is 32.5 Å². The molecule has 0 saturated carbocycles. The molecule has 18 heavy (non-hydrogen) atoms. The molecule has 0 aromatic carbocycles. The molecule has 1 atom stereocenters. The molecule has 1 heterocycles. The summed E-state index contributed by atoms with van der Waals surface area (Å²) in [6.07, 6.45) is 2.52. The second-order valence-electron chi connectivity index (χ2n) is 4.54. The molecule has 100 valence electrons. The molecule has 0 N–H and O–H groups in total. The lowest BCUT2D eigenvalue weighted by Gasteiger charge is -2.20. The highest BCUT2D eigenvalue weighted by Crippen LogP contribution is 2.23. The molecule has 0 bridgehead atoms. The molecule has 3 rings (SSSR count). The first-order valence-corrected chi connectivity index (χ1v) is 6.81. The van der Waals surface area contributed by atoms with Gasteiger partial charge in [0.2, 0.25) is 0 Å². The summed E-state index contributed by atoms with van der Waals surface area (Å²) in [4.78, 5) is 0. The van der Waals surface area contributed by atoms with Crippen LogP contribution in [0.25, 0.3) is 0 Å². The molecule has 1 fully saturated rings. The van der Waals surface area contributed by atoms with Crippen molar-refractivity contribution in [1.29, 1.82) is 0 Å². The highest BCUT2D eigenvalue weighted by molar-refractivity contribution is 5.38. The fourth-order valence-corrected chi connectivity index (χ4v) is 1.86. The molecule has 2 aliphatic carbocycles. The van der Waals surface area contributed by atoms with Crippen molar-refractivity contribution < 1.29 is 14.2 Å². The number of hydrogen-bond acceptors (Lipinski definition) is 3. The van der Waals surface area contributed by atoms with E-state index < -0.39 is 0 Å². The van der Waals surface area contributed by atoms with Crippen molar-refractivity contribution in [2.45, 2.75) is 32.8 Å². The Morgan fingerprint density at radius 2 is 2.17 bits per heavy atom. The Bertz CT molecular complexity index is 449. The molecule has 0 amide bonds. The van der Waals surface area contributed by atoms with Crippen molar-refractivity contribution in [1.82, 2.24) is 0 Å². The molecule has 0 aromatic rings. The van der Waals surface area contributed by atoms with Crippen LogP contribution in [-0.2, 0) is 9.47 Å². The van der Waals surface area contributed by atoms with E-state index in [0.29, 0.717) is 6.10 Å². The molecular weight excluding hydrogens is 228 g/mol. The Morgan fingerprint density at radius 1 is 1.28 bits per heavy atom. The van der Waals surface area contributed by atoms with Crippen molar-refractivity contribution in [3.05, 3.63) is 28.6 Å². The SMILES string of the molecule is CCC1COCCO1.CCCOc1cc2ccc1=2. The molecule has 1 aliphatic heterocycles. The molecular formula is C15H22O3. The first kappa shape index (κ1) is 13.4. The van der Waals surface area contributed by atoms with Crippen LogP contribution in [-0.4, -0.2) is 32.5 Å². The zero-order chi connectivity index (χ0) is 12.8. The molecule has 3 heteroatoms. The normalized spacial score (nSPS) is 19.8. The summed E-state index contributed by atoms with van der Waals surface area (Å²) >= 11 is 0. The lowest BCUT2D eigenvalue weighted by Crippen LogP contribution is -2.27. The van der Waals surface area contributed by atoms with Crippen LogP contribution < -0.4 is 4.74 Å². The van der Waals surface area contributed by atoms with Crippen molar-refractivity contribution in [3.63, 3.8) is 0 Å². The zero-order valence-electron chi connectivity index (χ0n) is 11.3. The van der Waals surface area contributed by atoms with Gasteiger partial charge in [0.1, 0.15) is 5.75 Å². The average Bonchev–Trinajstić information content (AvgIpc) is 2.42. The maximum Gasteiger partial charge on any atom is 0.127 e. The van der Waals surface area contributed by atoms with E-state index in [-0.39, 0.29) is 0 Å². The van der Waals surface area contributed by atoms with Crippen LogP contribution in [0.5, 0.6) is 5.75 Å². The minimum absolute atomic E-state index is 0.365. The minimum atomic E-state index is 0.365. The van der Waals surface area contributed by atoms with E-state index in [1.54, 1.807) is 0 Å². The molecule has 3 nitrogen and oxygen atoms in total. The number of hydrogen-bond donors (Lipinski definition) is 0. The quantitative estimate of drug-likeness (QED) is 0.835. The summed E-state index contributed by atoms with van der Waals surface area (Å²) in [6, 6.07) is 6.29. The standard InChI is InChI=1S/C9H10O.C6H12O2/c1-2-5-10-9-6-7-3-4-8(7)9;1-2-6-5-7-3-4-8-6/h3-4,6H,2,5H2,1H3;6H,2-5H2,1H3. The van der Waals surface area contributed by atoms with Crippen LogP contribution in [0, 0.1) is 10.4 Å². The second kappa shape index (κ2) is 6.76. The third-order valence-corrected chi connectivity index (χ3v) is 3.09. The third-order valence-electron chi connectivity index (χ3n) is 3.09. The Morgan fingerprint density at radius 3 is 2.56 bits per heavy atom. The molecule has 0 radical (unpaired) electrons. The maximum atomic E-state index is 5.41. The van der Waals surface area contributed by atoms with Gasteiger partial charge in [-0.25, -0.2) is 0 Å². The number of ether oxygens (including phenoxy) is 3. The van der Waals surface area contributed by atoms with E-state index in [4.69, 9.17) is 14.2 Å². The predicted molar refractivity (Wildman–Crippen MR) is 70.8 cm³/mol. The van der Waals surface area contributed by atoms with Crippen LogP contribution in [0.4, 0.5) is 0 Å². The monoisotopic (exact) mass is 250 g/mol. The van der Waals surface area contributed by atoms with Gasteiger partial charge < -0.3 is 14.2 Å². The van der Waals surface area contributed by atoms with Gasteiger partial charge in [-0.15, -0.1) is 0 Å².